The van der Waals surface area contributed by atoms with Crippen molar-refractivity contribution >= 4 is 21.4 Å². The van der Waals surface area contributed by atoms with Gasteiger partial charge in [0.1, 0.15) is 0 Å². The molecule has 1 aromatic rings. The standard InChI is InChI=1S/C13H19ClN2O3S/c1-19-6-5-16(13-4-7-20(17,18)10-13)9-12-3-2-11(14)8-15-12/h2-3,8,13H,4-7,9-10H2,1H3/t13-/m0/s1. The minimum atomic E-state index is -2.89. The second-order valence-corrected chi connectivity index (χ2v) is 7.65. The quantitative estimate of drug-likeness (QED) is 0.793. The minimum absolute atomic E-state index is 0.0487. The summed E-state index contributed by atoms with van der Waals surface area (Å²) in [5, 5.41) is 0.598. The zero-order valence-electron chi connectivity index (χ0n) is 11.5. The van der Waals surface area contributed by atoms with Crippen LogP contribution in [0.2, 0.25) is 5.02 Å². The van der Waals surface area contributed by atoms with Gasteiger partial charge in [0.25, 0.3) is 0 Å². The summed E-state index contributed by atoms with van der Waals surface area (Å²) in [5.74, 6) is 0.500. The molecule has 1 saturated heterocycles. The van der Waals surface area contributed by atoms with E-state index in [2.05, 4.69) is 9.88 Å². The Bertz CT molecular complexity index is 533. The minimum Gasteiger partial charge on any atom is -0.383 e. The first kappa shape index (κ1) is 15.7. The third kappa shape index (κ3) is 4.41. The van der Waals surface area contributed by atoms with Gasteiger partial charge in [-0.2, -0.15) is 0 Å². The van der Waals surface area contributed by atoms with Crippen LogP contribution in [0, 0.1) is 0 Å². The molecule has 0 unspecified atom stereocenters. The molecule has 0 spiro atoms. The highest BCUT2D eigenvalue weighted by atomic mass is 35.5. The summed E-state index contributed by atoms with van der Waals surface area (Å²) in [5.41, 5.74) is 0.884. The van der Waals surface area contributed by atoms with Gasteiger partial charge in [0.05, 0.1) is 28.8 Å². The second kappa shape index (κ2) is 6.85. The van der Waals surface area contributed by atoms with E-state index < -0.39 is 9.84 Å². The van der Waals surface area contributed by atoms with Crippen LogP contribution in [0.5, 0.6) is 0 Å². The molecule has 1 aliphatic heterocycles. The lowest BCUT2D eigenvalue weighted by molar-refractivity contribution is 0.120. The lowest BCUT2D eigenvalue weighted by atomic mass is 10.2. The molecule has 2 rings (SSSR count). The fourth-order valence-corrected chi connectivity index (χ4v) is 4.24. The maximum absolute atomic E-state index is 11.6. The number of hydrogen-bond donors (Lipinski definition) is 0. The predicted molar refractivity (Wildman–Crippen MR) is 78.6 cm³/mol. The van der Waals surface area contributed by atoms with Crippen LogP contribution < -0.4 is 0 Å². The van der Waals surface area contributed by atoms with Crippen LogP contribution in [0.4, 0.5) is 0 Å². The SMILES string of the molecule is COCCN(Cc1ccc(Cl)cn1)[C@H]1CCS(=O)(=O)C1. The van der Waals surface area contributed by atoms with E-state index in [0.29, 0.717) is 31.1 Å². The van der Waals surface area contributed by atoms with Crippen LogP contribution in [0.15, 0.2) is 18.3 Å². The fourth-order valence-electron chi connectivity index (χ4n) is 2.37. The van der Waals surface area contributed by atoms with Crippen molar-refractivity contribution in [2.45, 2.75) is 19.0 Å². The van der Waals surface area contributed by atoms with Crippen LogP contribution >= 0.6 is 11.6 Å². The summed E-state index contributed by atoms with van der Waals surface area (Å²) < 4.78 is 28.4. The third-order valence-electron chi connectivity index (χ3n) is 3.46. The first-order valence-corrected chi connectivity index (χ1v) is 8.74. The summed E-state index contributed by atoms with van der Waals surface area (Å²) in [4.78, 5) is 6.40. The molecule has 0 aliphatic carbocycles. The van der Waals surface area contributed by atoms with Crippen molar-refractivity contribution in [3.63, 3.8) is 0 Å². The van der Waals surface area contributed by atoms with E-state index in [1.54, 1.807) is 19.4 Å². The molecule has 20 heavy (non-hydrogen) atoms. The number of aromatic nitrogens is 1. The van der Waals surface area contributed by atoms with E-state index in [0.717, 1.165) is 5.69 Å². The molecule has 1 aromatic heterocycles. The van der Waals surface area contributed by atoms with Crippen molar-refractivity contribution < 1.29 is 13.2 Å². The van der Waals surface area contributed by atoms with E-state index in [1.165, 1.54) is 0 Å². The largest absolute Gasteiger partial charge is 0.383 e. The molecule has 0 radical (unpaired) electrons. The van der Waals surface area contributed by atoms with E-state index >= 15 is 0 Å². The van der Waals surface area contributed by atoms with Gasteiger partial charge in [-0.25, -0.2) is 8.42 Å². The molecule has 1 fully saturated rings. The number of methoxy groups -OCH3 is 1. The fraction of sp³-hybridized carbons (Fsp3) is 0.615. The molecule has 7 heteroatoms. The van der Waals surface area contributed by atoms with Crippen molar-refractivity contribution in [3.05, 3.63) is 29.0 Å². The van der Waals surface area contributed by atoms with Crippen LogP contribution in [-0.2, 0) is 21.1 Å². The highest BCUT2D eigenvalue weighted by molar-refractivity contribution is 7.91. The molecular weight excluding hydrogens is 300 g/mol. The lowest BCUT2D eigenvalue weighted by Gasteiger charge is -2.27. The van der Waals surface area contributed by atoms with Crippen molar-refractivity contribution in [2.24, 2.45) is 0 Å². The molecular formula is C13H19ClN2O3S. The van der Waals surface area contributed by atoms with Crippen LogP contribution in [0.1, 0.15) is 12.1 Å². The van der Waals surface area contributed by atoms with Crippen molar-refractivity contribution in [1.29, 1.82) is 0 Å². The van der Waals surface area contributed by atoms with Gasteiger partial charge >= 0.3 is 0 Å². The van der Waals surface area contributed by atoms with Gasteiger partial charge in [-0.05, 0) is 18.6 Å². The third-order valence-corrected chi connectivity index (χ3v) is 5.44. The topological polar surface area (TPSA) is 59.5 Å². The average Bonchev–Trinajstić information content (AvgIpc) is 2.77. The first-order valence-electron chi connectivity index (χ1n) is 6.54. The summed E-state index contributed by atoms with van der Waals surface area (Å²) in [6.07, 6.45) is 2.29. The Hall–Kier alpha value is -0.690. The Morgan fingerprint density at radius 2 is 2.30 bits per heavy atom. The van der Waals surface area contributed by atoms with Gasteiger partial charge in [-0.1, -0.05) is 11.6 Å². The number of halogens is 1. The van der Waals surface area contributed by atoms with E-state index in [4.69, 9.17) is 16.3 Å². The Labute approximate surface area is 124 Å². The van der Waals surface area contributed by atoms with E-state index in [9.17, 15) is 8.42 Å². The second-order valence-electron chi connectivity index (χ2n) is 4.99. The van der Waals surface area contributed by atoms with Gasteiger partial charge < -0.3 is 4.74 Å². The molecule has 0 bridgehead atoms. The number of rotatable bonds is 6. The molecule has 0 aromatic carbocycles. The summed E-state index contributed by atoms with van der Waals surface area (Å²) in [6, 6.07) is 3.71. The molecule has 0 amide bonds. The predicted octanol–water partition coefficient (Wildman–Crippen LogP) is 1.37. The molecule has 112 valence electrons. The highest BCUT2D eigenvalue weighted by Gasteiger charge is 2.32. The van der Waals surface area contributed by atoms with Crippen molar-refractivity contribution in [3.8, 4) is 0 Å². The van der Waals surface area contributed by atoms with Crippen molar-refractivity contribution in [2.75, 3.05) is 31.8 Å². The van der Waals surface area contributed by atoms with Crippen molar-refractivity contribution in [1.82, 2.24) is 9.88 Å². The zero-order valence-corrected chi connectivity index (χ0v) is 13.0. The van der Waals surface area contributed by atoms with Crippen LogP contribution in [-0.4, -0.2) is 56.1 Å². The summed E-state index contributed by atoms with van der Waals surface area (Å²) in [6.45, 7) is 1.88. The Kier molecular flexibility index (Phi) is 5.37. The van der Waals surface area contributed by atoms with Crippen LogP contribution in [0.3, 0.4) is 0 Å². The summed E-state index contributed by atoms with van der Waals surface area (Å²) >= 11 is 5.82. The molecule has 2 heterocycles. The maximum Gasteiger partial charge on any atom is 0.151 e. The monoisotopic (exact) mass is 318 g/mol. The van der Waals surface area contributed by atoms with E-state index in [-0.39, 0.29) is 17.5 Å². The normalized spacial score (nSPS) is 21.4. The van der Waals surface area contributed by atoms with Gasteiger partial charge in [0.2, 0.25) is 0 Å². The zero-order chi connectivity index (χ0) is 14.6. The van der Waals surface area contributed by atoms with Gasteiger partial charge in [0.15, 0.2) is 9.84 Å². The smallest absolute Gasteiger partial charge is 0.151 e. The average molecular weight is 319 g/mol. The number of pyridine rings is 1. The lowest BCUT2D eigenvalue weighted by Crippen LogP contribution is -2.38. The molecule has 0 saturated carbocycles. The maximum atomic E-state index is 11.6. The van der Waals surface area contributed by atoms with Gasteiger partial charge in [0, 0.05) is 32.4 Å². The first-order chi connectivity index (χ1) is 9.50. The molecule has 0 N–H and O–H groups in total. The molecule has 1 aliphatic rings. The van der Waals surface area contributed by atoms with Gasteiger partial charge in [-0.15, -0.1) is 0 Å². The number of hydrogen-bond acceptors (Lipinski definition) is 5. The number of sulfone groups is 1. The number of nitrogens with zero attached hydrogens (tertiary/aromatic N) is 2. The Morgan fingerprint density at radius 3 is 2.85 bits per heavy atom. The Balaban J connectivity index is 2.05. The van der Waals surface area contributed by atoms with Crippen LogP contribution in [0.25, 0.3) is 0 Å². The summed E-state index contributed by atoms with van der Waals surface area (Å²) in [7, 11) is -1.25. The number of ether oxygens (including phenoxy) is 1. The Morgan fingerprint density at radius 1 is 1.50 bits per heavy atom. The highest BCUT2D eigenvalue weighted by Crippen LogP contribution is 2.19. The van der Waals surface area contributed by atoms with E-state index in [1.807, 2.05) is 6.07 Å². The van der Waals surface area contributed by atoms with Gasteiger partial charge in [-0.3, -0.25) is 9.88 Å². The molecule has 1 atom stereocenters. The molecule has 5 nitrogen and oxygen atoms in total.